The molecular formula is C12H7BrF3N3O. The van der Waals surface area contributed by atoms with E-state index in [1.807, 2.05) is 5.32 Å². The number of nitrogen functional groups attached to an aromatic ring is 1. The maximum absolute atomic E-state index is 13.6. The lowest BCUT2D eigenvalue weighted by Crippen LogP contribution is -2.17. The summed E-state index contributed by atoms with van der Waals surface area (Å²) >= 11 is 2.90. The van der Waals surface area contributed by atoms with E-state index in [4.69, 9.17) is 5.73 Å². The minimum absolute atomic E-state index is 0.171. The number of benzene rings is 1. The molecular weight excluding hydrogens is 339 g/mol. The average Bonchev–Trinajstić information content (AvgIpc) is 2.36. The van der Waals surface area contributed by atoms with E-state index in [-0.39, 0.29) is 4.47 Å². The average molecular weight is 346 g/mol. The van der Waals surface area contributed by atoms with Crippen LogP contribution >= 0.6 is 15.9 Å². The van der Waals surface area contributed by atoms with E-state index in [1.165, 1.54) is 0 Å². The molecule has 1 heterocycles. The summed E-state index contributed by atoms with van der Waals surface area (Å²) in [6.45, 7) is 0. The zero-order valence-corrected chi connectivity index (χ0v) is 11.3. The van der Waals surface area contributed by atoms with Gasteiger partial charge in [-0.1, -0.05) is 15.9 Å². The van der Waals surface area contributed by atoms with Crippen LogP contribution in [-0.2, 0) is 0 Å². The molecule has 0 aliphatic rings. The molecule has 0 spiro atoms. The number of aromatic nitrogens is 1. The van der Waals surface area contributed by atoms with Gasteiger partial charge >= 0.3 is 0 Å². The molecule has 8 heteroatoms. The van der Waals surface area contributed by atoms with Gasteiger partial charge in [0.1, 0.15) is 5.69 Å². The van der Waals surface area contributed by atoms with Gasteiger partial charge < -0.3 is 11.1 Å². The summed E-state index contributed by atoms with van der Waals surface area (Å²) < 4.78 is 40.9. The quantitative estimate of drug-likeness (QED) is 0.878. The van der Waals surface area contributed by atoms with Gasteiger partial charge in [0.25, 0.3) is 5.91 Å². The molecule has 0 fully saturated rings. The smallest absolute Gasteiger partial charge is 0.258 e. The molecule has 2 aromatic rings. The van der Waals surface area contributed by atoms with Crippen molar-refractivity contribution in [3.8, 4) is 0 Å². The monoisotopic (exact) mass is 345 g/mol. The third kappa shape index (κ3) is 2.74. The number of amides is 1. The third-order valence-corrected chi connectivity index (χ3v) is 2.86. The van der Waals surface area contributed by atoms with Crippen molar-refractivity contribution in [2.45, 2.75) is 0 Å². The zero-order chi connectivity index (χ0) is 14.9. The number of rotatable bonds is 2. The molecule has 3 N–H and O–H groups in total. The number of carbonyl (C=O) groups is 1. The maximum Gasteiger partial charge on any atom is 0.258 e. The summed E-state index contributed by atoms with van der Waals surface area (Å²) in [6.07, 6.45) is 1.11. The van der Waals surface area contributed by atoms with E-state index in [9.17, 15) is 18.0 Å². The summed E-state index contributed by atoms with van der Waals surface area (Å²) in [5.74, 6) is -4.55. The molecule has 0 aliphatic carbocycles. The lowest BCUT2D eigenvalue weighted by atomic mass is 10.2. The normalized spacial score (nSPS) is 10.4. The number of nitrogens with one attached hydrogen (secondary N) is 1. The molecule has 2 rings (SSSR count). The van der Waals surface area contributed by atoms with Gasteiger partial charge in [-0.15, -0.1) is 0 Å². The van der Waals surface area contributed by atoms with Crippen molar-refractivity contribution in [3.63, 3.8) is 0 Å². The van der Waals surface area contributed by atoms with Crippen molar-refractivity contribution >= 4 is 33.3 Å². The van der Waals surface area contributed by atoms with E-state index in [1.54, 1.807) is 0 Å². The highest BCUT2D eigenvalue weighted by molar-refractivity contribution is 9.10. The molecule has 0 saturated carbocycles. The van der Waals surface area contributed by atoms with Gasteiger partial charge in [0.15, 0.2) is 23.3 Å². The van der Waals surface area contributed by atoms with Crippen LogP contribution in [0.2, 0.25) is 0 Å². The molecule has 0 atom stereocenters. The highest BCUT2D eigenvalue weighted by atomic mass is 79.9. The van der Waals surface area contributed by atoms with Gasteiger partial charge in [-0.05, 0) is 18.2 Å². The van der Waals surface area contributed by atoms with Gasteiger partial charge in [0, 0.05) is 10.7 Å². The summed E-state index contributed by atoms with van der Waals surface area (Å²) in [7, 11) is 0. The predicted molar refractivity (Wildman–Crippen MR) is 70.6 cm³/mol. The van der Waals surface area contributed by atoms with Crippen LogP contribution in [0.4, 0.5) is 24.7 Å². The van der Waals surface area contributed by atoms with Crippen molar-refractivity contribution in [1.29, 1.82) is 0 Å². The highest BCUT2D eigenvalue weighted by Crippen LogP contribution is 2.24. The second-order valence-corrected chi connectivity index (χ2v) is 4.67. The Hall–Kier alpha value is -2.09. The standard InChI is InChI=1S/C12H7BrF3N3O/c13-5-3-7(14)10(8(15)4-5)19-12(20)6-1-2-18-11(17)9(6)16/h1-4H,(H2,17,18)(H,19,20). The van der Waals surface area contributed by atoms with Gasteiger partial charge in [-0.3, -0.25) is 4.79 Å². The van der Waals surface area contributed by atoms with Crippen LogP contribution in [0.5, 0.6) is 0 Å². The molecule has 1 aromatic carbocycles. The molecule has 104 valence electrons. The van der Waals surface area contributed by atoms with Crippen LogP contribution < -0.4 is 11.1 Å². The van der Waals surface area contributed by atoms with Crippen molar-refractivity contribution in [3.05, 3.63) is 51.9 Å². The van der Waals surface area contributed by atoms with Crippen LogP contribution in [0, 0.1) is 17.5 Å². The zero-order valence-electron chi connectivity index (χ0n) is 9.75. The molecule has 0 unspecified atom stereocenters. The first-order valence-corrected chi connectivity index (χ1v) is 6.05. The minimum atomic E-state index is -1.05. The largest absolute Gasteiger partial charge is 0.381 e. The Kier molecular flexibility index (Phi) is 3.93. The predicted octanol–water partition coefficient (Wildman–Crippen LogP) is 3.10. The van der Waals surface area contributed by atoms with Crippen LogP contribution in [0.3, 0.4) is 0 Å². The molecule has 0 bridgehead atoms. The Labute approximate surface area is 119 Å². The number of halogens is 4. The number of nitrogens with zero attached hydrogens (tertiary/aromatic N) is 1. The highest BCUT2D eigenvalue weighted by Gasteiger charge is 2.18. The van der Waals surface area contributed by atoms with Gasteiger partial charge in [-0.25, -0.2) is 18.2 Å². The number of pyridine rings is 1. The lowest BCUT2D eigenvalue weighted by Gasteiger charge is -2.09. The fourth-order valence-corrected chi connectivity index (χ4v) is 1.88. The first-order valence-electron chi connectivity index (χ1n) is 5.26. The van der Waals surface area contributed by atoms with E-state index in [0.717, 1.165) is 24.4 Å². The van der Waals surface area contributed by atoms with E-state index in [2.05, 4.69) is 20.9 Å². The summed E-state index contributed by atoms with van der Waals surface area (Å²) in [5.41, 5.74) is 4.08. The minimum Gasteiger partial charge on any atom is -0.381 e. The fourth-order valence-electron chi connectivity index (χ4n) is 1.48. The molecule has 0 aliphatic heterocycles. The van der Waals surface area contributed by atoms with E-state index in [0.29, 0.717) is 0 Å². The van der Waals surface area contributed by atoms with Crippen LogP contribution in [0.25, 0.3) is 0 Å². The van der Waals surface area contributed by atoms with Gasteiger partial charge in [-0.2, -0.15) is 0 Å². The third-order valence-electron chi connectivity index (χ3n) is 2.41. The van der Waals surface area contributed by atoms with Crippen LogP contribution in [-0.4, -0.2) is 10.9 Å². The summed E-state index contributed by atoms with van der Waals surface area (Å²) in [5, 5.41) is 1.96. The van der Waals surface area contributed by atoms with Gasteiger partial charge in [0.05, 0.1) is 5.56 Å². The second-order valence-electron chi connectivity index (χ2n) is 3.76. The Morgan fingerprint density at radius 3 is 2.45 bits per heavy atom. The van der Waals surface area contributed by atoms with Crippen LogP contribution in [0.15, 0.2) is 28.9 Å². The van der Waals surface area contributed by atoms with Crippen molar-refractivity contribution in [2.24, 2.45) is 0 Å². The summed E-state index contributed by atoms with van der Waals surface area (Å²) in [6, 6.07) is 2.99. The van der Waals surface area contributed by atoms with Crippen molar-refractivity contribution < 1.29 is 18.0 Å². The first-order chi connectivity index (χ1) is 9.40. The molecule has 0 radical (unpaired) electrons. The number of hydrogen-bond donors (Lipinski definition) is 2. The van der Waals surface area contributed by atoms with E-state index < -0.39 is 40.4 Å². The van der Waals surface area contributed by atoms with Crippen molar-refractivity contribution in [1.82, 2.24) is 4.98 Å². The molecule has 1 amide bonds. The second kappa shape index (κ2) is 5.49. The Balaban J connectivity index is 2.36. The Bertz CT molecular complexity index is 671. The summed E-state index contributed by atoms with van der Waals surface area (Å²) in [4.78, 5) is 15.2. The number of carbonyl (C=O) groups excluding carboxylic acids is 1. The maximum atomic E-state index is 13.6. The van der Waals surface area contributed by atoms with E-state index >= 15 is 0 Å². The van der Waals surface area contributed by atoms with Crippen molar-refractivity contribution in [2.75, 3.05) is 11.1 Å². The topological polar surface area (TPSA) is 68.0 Å². The fraction of sp³-hybridized carbons (Fsp3) is 0. The molecule has 1 aromatic heterocycles. The first kappa shape index (κ1) is 14.3. The SMILES string of the molecule is Nc1nccc(C(=O)Nc2c(F)cc(Br)cc2F)c1F. The van der Waals surface area contributed by atoms with Crippen LogP contribution in [0.1, 0.15) is 10.4 Å². The van der Waals surface area contributed by atoms with Gasteiger partial charge in [0.2, 0.25) is 0 Å². The Morgan fingerprint density at radius 2 is 1.85 bits per heavy atom. The number of anilines is 2. The molecule has 20 heavy (non-hydrogen) atoms. The lowest BCUT2D eigenvalue weighted by molar-refractivity contribution is 0.102. The molecule has 0 saturated heterocycles. The molecule has 4 nitrogen and oxygen atoms in total. The Morgan fingerprint density at radius 1 is 1.25 bits per heavy atom. The number of nitrogens with two attached hydrogens (primary N) is 1. The number of hydrogen-bond acceptors (Lipinski definition) is 3.